The molecule has 4 N–H and O–H groups in total. The maximum absolute atomic E-state index is 12.5. The predicted octanol–water partition coefficient (Wildman–Crippen LogP) is 1.49. The molecule has 0 spiro atoms. The van der Waals surface area contributed by atoms with Crippen molar-refractivity contribution in [1.29, 1.82) is 0 Å². The van der Waals surface area contributed by atoms with Gasteiger partial charge in [0, 0.05) is 6.04 Å². The molecule has 3 aromatic rings. The standard InChI is InChI=1S/C16H17N5O5S/c1-9(2)20-27(24,25)12-7-10(15(22)23)6-11(8-12)21-16(17)18-14(19-21)13-4-3-5-26-13/h3-9,20H,1-2H3,(H,22,23)(H2,17,18,19). The van der Waals surface area contributed by atoms with Gasteiger partial charge in [-0.05, 0) is 44.2 Å². The van der Waals surface area contributed by atoms with Crippen molar-refractivity contribution in [2.24, 2.45) is 0 Å². The average Bonchev–Trinajstić information content (AvgIpc) is 3.22. The summed E-state index contributed by atoms with van der Waals surface area (Å²) in [5.41, 5.74) is 5.79. The zero-order valence-electron chi connectivity index (χ0n) is 14.4. The highest BCUT2D eigenvalue weighted by molar-refractivity contribution is 7.89. The van der Waals surface area contributed by atoms with Crippen LogP contribution in [0.5, 0.6) is 0 Å². The first-order valence-corrected chi connectivity index (χ1v) is 9.33. The second-order valence-electron chi connectivity index (χ2n) is 5.98. The highest BCUT2D eigenvalue weighted by Gasteiger charge is 2.21. The number of rotatable bonds is 6. The smallest absolute Gasteiger partial charge is 0.335 e. The SMILES string of the molecule is CC(C)NS(=O)(=O)c1cc(C(=O)O)cc(-n2nc(-c3ccco3)nc2N)c1. The summed E-state index contributed by atoms with van der Waals surface area (Å²) in [5, 5.41) is 13.5. The molecule has 27 heavy (non-hydrogen) atoms. The number of carbonyl (C=O) groups is 1. The van der Waals surface area contributed by atoms with Crippen LogP contribution < -0.4 is 10.5 Å². The van der Waals surface area contributed by atoms with E-state index in [1.807, 2.05) is 0 Å². The summed E-state index contributed by atoms with van der Waals surface area (Å²) in [6, 6.07) is 6.52. The molecule has 0 aliphatic heterocycles. The van der Waals surface area contributed by atoms with Gasteiger partial charge in [0.15, 0.2) is 5.76 Å². The first-order chi connectivity index (χ1) is 12.7. The van der Waals surface area contributed by atoms with Gasteiger partial charge in [-0.3, -0.25) is 0 Å². The quantitative estimate of drug-likeness (QED) is 0.571. The van der Waals surface area contributed by atoms with Gasteiger partial charge in [0.2, 0.25) is 21.8 Å². The Balaban J connectivity index is 2.15. The fourth-order valence-corrected chi connectivity index (χ4v) is 3.70. The van der Waals surface area contributed by atoms with Crippen LogP contribution in [0.3, 0.4) is 0 Å². The summed E-state index contributed by atoms with van der Waals surface area (Å²) >= 11 is 0. The van der Waals surface area contributed by atoms with Gasteiger partial charge >= 0.3 is 5.97 Å². The second kappa shape index (κ2) is 6.85. The van der Waals surface area contributed by atoms with Crippen LogP contribution in [0.1, 0.15) is 24.2 Å². The van der Waals surface area contributed by atoms with Gasteiger partial charge in [0.1, 0.15) is 0 Å². The molecule has 0 amide bonds. The number of nitrogens with two attached hydrogens (primary N) is 1. The van der Waals surface area contributed by atoms with Crippen molar-refractivity contribution in [1.82, 2.24) is 19.5 Å². The van der Waals surface area contributed by atoms with Gasteiger partial charge in [-0.25, -0.2) is 17.9 Å². The van der Waals surface area contributed by atoms with Crippen LogP contribution in [0, 0.1) is 0 Å². The lowest BCUT2D eigenvalue weighted by atomic mass is 10.2. The van der Waals surface area contributed by atoms with E-state index >= 15 is 0 Å². The molecule has 0 unspecified atom stereocenters. The molecule has 2 heterocycles. The van der Waals surface area contributed by atoms with Crippen LogP contribution in [-0.2, 0) is 10.0 Å². The van der Waals surface area contributed by atoms with Crippen molar-refractivity contribution in [2.45, 2.75) is 24.8 Å². The van der Waals surface area contributed by atoms with E-state index in [9.17, 15) is 18.3 Å². The Morgan fingerprint density at radius 2 is 2.07 bits per heavy atom. The van der Waals surface area contributed by atoms with Gasteiger partial charge in [-0.15, -0.1) is 5.10 Å². The van der Waals surface area contributed by atoms with Crippen molar-refractivity contribution < 1.29 is 22.7 Å². The number of anilines is 1. The summed E-state index contributed by atoms with van der Waals surface area (Å²) in [6.07, 6.45) is 1.44. The Morgan fingerprint density at radius 3 is 2.67 bits per heavy atom. The number of nitrogen functional groups attached to an aromatic ring is 1. The molecular weight excluding hydrogens is 374 g/mol. The molecule has 0 bridgehead atoms. The van der Waals surface area contributed by atoms with E-state index in [-0.39, 0.29) is 34.0 Å². The molecule has 0 aliphatic rings. The van der Waals surface area contributed by atoms with Gasteiger partial charge in [-0.1, -0.05) is 0 Å². The number of nitrogens with zero attached hydrogens (tertiary/aromatic N) is 3. The lowest BCUT2D eigenvalue weighted by Crippen LogP contribution is -2.30. The largest absolute Gasteiger partial charge is 0.478 e. The molecular formula is C16H17N5O5S. The van der Waals surface area contributed by atoms with E-state index in [0.717, 1.165) is 10.7 Å². The average molecular weight is 391 g/mol. The second-order valence-corrected chi connectivity index (χ2v) is 7.69. The fourth-order valence-electron chi connectivity index (χ4n) is 2.39. The minimum Gasteiger partial charge on any atom is -0.478 e. The van der Waals surface area contributed by atoms with E-state index in [4.69, 9.17) is 10.2 Å². The Hall–Kier alpha value is -3.18. The molecule has 3 rings (SSSR count). The van der Waals surface area contributed by atoms with Crippen molar-refractivity contribution >= 4 is 21.9 Å². The molecule has 0 saturated heterocycles. The number of hydrogen-bond acceptors (Lipinski definition) is 7. The van der Waals surface area contributed by atoms with Crippen molar-refractivity contribution in [3.8, 4) is 17.3 Å². The van der Waals surface area contributed by atoms with Crippen LogP contribution in [-0.4, -0.2) is 40.3 Å². The minimum atomic E-state index is -3.93. The van der Waals surface area contributed by atoms with Crippen molar-refractivity contribution in [2.75, 3.05) is 5.73 Å². The monoisotopic (exact) mass is 391 g/mol. The summed E-state index contributed by atoms with van der Waals surface area (Å²) in [4.78, 5) is 15.3. The first-order valence-electron chi connectivity index (χ1n) is 7.85. The lowest BCUT2D eigenvalue weighted by molar-refractivity contribution is 0.0696. The topological polar surface area (TPSA) is 153 Å². The van der Waals surface area contributed by atoms with E-state index in [1.54, 1.807) is 26.0 Å². The summed E-state index contributed by atoms with van der Waals surface area (Å²) in [5.74, 6) is -0.793. The molecule has 0 fully saturated rings. The zero-order valence-corrected chi connectivity index (χ0v) is 15.3. The number of furan rings is 1. The Morgan fingerprint density at radius 1 is 1.33 bits per heavy atom. The molecule has 10 nitrogen and oxygen atoms in total. The molecule has 11 heteroatoms. The van der Waals surface area contributed by atoms with Gasteiger partial charge in [0.05, 0.1) is 22.4 Å². The number of aromatic nitrogens is 3. The Kier molecular flexibility index (Phi) is 4.72. The third-order valence-electron chi connectivity index (χ3n) is 3.46. The molecule has 0 radical (unpaired) electrons. The van der Waals surface area contributed by atoms with Crippen LogP contribution in [0.25, 0.3) is 17.3 Å². The lowest BCUT2D eigenvalue weighted by Gasteiger charge is -2.12. The van der Waals surface area contributed by atoms with Gasteiger partial charge < -0.3 is 15.3 Å². The van der Waals surface area contributed by atoms with Crippen LogP contribution in [0.4, 0.5) is 5.95 Å². The zero-order chi connectivity index (χ0) is 19.8. The highest BCUT2D eigenvalue weighted by Crippen LogP contribution is 2.23. The highest BCUT2D eigenvalue weighted by atomic mass is 32.2. The number of sulfonamides is 1. The number of benzene rings is 1. The molecule has 0 aliphatic carbocycles. The first kappa shape index (κ1) is 18.6. The maximum atomic E-state index is 12.5. The van der Waals surface area contributed by atoms with E-state index in [0.29, 0.717) is 5.76 Å². The normalized spacial score (nSPS) is 11.8. The fraction of sp³-hybridized carbons (Fsp3) is 0.188. The number of nitrogens with one attached hydrogen (secondary N) is 1. The predicted molar refractivity (Wildman–Crippen MR) is 95.9 cm³/mol. The van der Waals surface area contributed by atoms with Crippen LogP contribution in [0.2, 0.25) is 0 Å². The summed E-state index contributed by atoms with van der Waals surface area (Å²) in [6.45, 7) is 3.31. The van der Waals surface area contributed by atoms with E-state index in [1.165, 1.54) is 18.4 Å². The number of hydrogen-bond donors (Lipinski definition) is 3. The third kappa shape index (κ3) is 3.83. The third-order valence-corrected chi connectivity index (χ3v) is 5.10. The molecule has 0 atom stereocenters. The van der Waals surface area contributed by atoms with Crippen LogP contribution in [0.15, 0.2) is 45.9 Å². The summed E-state index contributed by atoms with van der Waals surface area (Å²) < 4.78 is 33.7. The Bertz CT molecular complexity index is 1090. The Labute approximate surface area is 154 Å². The van der Waals surface area contributed by atoms with Crippen molar-refractivity contribution in [3.05, 3.63) is 42.2 Å². The number of carboxylic acid groups (broad SMARTS) is 1. The number of carboxylic acids is 1. The molecule has 1 aromatic carbocycles. The van der Waals surface area contributed by atoms with Gasteiger partial charge in [0.25, 0.3) is 0 Å². The van der Waals surface area contributed by atoms with Gasteiger partial charge in [-0.2, -0.15) is 9.67 Å². The van der Waals surface area contributed by atoms with Crippen LogP contribution >= 0.6 is 0 Å². The number of aromatic carboxylic acids is 1. The molecule has 142 valence electrons. The summed E-state index contributed by atoms with van der Waals surface area (Å²) in [7, 11) is -3.93. The molecule has 0 saturated carbocycles. The van der Waals surface area contributed by atoms with Crippen molar-refractivity contribution in [3.63, 3.8) is 0 Å². The molecule has 2 aromatic heterocycles. The maximum Gasteiger partial charge on any atom is 0.335 e. The van der Waals surface area contributed by atoms with E-state index < -0.39 is 16.0 Å². The minimum absolute atomic E-state index is 0.0518. The van der Waals surface area contributed by atoms with E-state index in [2.05, 4.69) is 14.8 Å².